The van der Waals surface area contributed by atoms with E-state index < -0.39 is 0 Å². The summed E-state index contributed by atoms with van der Waals surface area (Å²) in [5.74, 6) is 0. The Labute approximate surface area is 159 Å². The Morgan fingerprint density at radius 3 is 1.72 bits per heavy atom. The summed E-state index contributed by atoms with van der Waals surface area (Å²) < 4.78 is 0. The summed E-state index contributed by atoms with van der Waals surface area (Å²) in [5, 5.41) is 0. The van der Waals surface area contributed by atoms with Gasteiger partial charge in [0.05, 0.1) is 0 Å². The number of rotatable bonds is 5. The molecule has 144 valence electrons. The quantitative estimate of drug-likeness (QED) is 0.500. The summed E-state index contributed by atoms with van der Waals surface area (Å²) in [7, 11) is 4.25. The molecule has 0 amide bonds. The van der Waals surface area contributed by atoms with Gasteiger partial charge >= 0.3 is 0 Å². The normalized spacial score (nSPS) is 9.60. The van der Waals surface area contributed by atoms with Crippen molar-refractivity contribution < 1.29 is 0 Å². The lowest BCUT2D eigenvalue weighted by Crippen LogP contribution is -2.13. The SMILES string of the molecule is C/C=C(/CCN(C)C)c1c(C)cccc1C.C=CC.C=CCC.CC. The smallest absolute Gasteiger partial charge is 0.00158 e. The maximum Gasteiger partial charge on any atom is 0.00158 e. The second kappa shape index (κ2) is 20.4. The van der Waals surface area contributed by atoms with Gasteiger partial charge in [0, 0.05) is 6.54 Å². The molecule has 25 heavy (non-hydrogen) atoms. The topological polar surface area (TPSA) is 3.24 Å². The van der Waals surface area contributed by atoms with E-state index >= 15 is 0 Å². The fourth-order valence-corrected chi connectivity index (χ4v) is 2.08. The van der Waals surface area contributed by atoms with Gasteiger partial charge in [-0.15, -0.1) is 13.2 Å². The predicted octanol–water partition coefficient (Wildman–Crippen LogP) is 7.46. The van der Waals surface area contributed by atoms with Gasteiger partial charge in [0.2, 0.25) is 0 Å². The maximum atomic E-state index is 3.48. The minimum atomic E-state index is 1.08. The van der Waals surface area contributed by atoms with E-state index in [1.165, 1.54) is 22.3 Å². The van der Waals surface area contributed by atoms with Crippen LogP contribution in [0.25, 0.3) is 5.57 Å². The van der Waals surface area contributed by atoms with Gasteiger partial charge in [0.1, 0.15) is 0 Å². The monoisotopic (exact) mass is 345 g/mol. The summed E-state index contributed by atoms with van der Waals surface area (Å²) >= 11 is 0. The highest BCUT2D eigenvalue weighted by Crippen LogP contribution is 2.25. The van der Waals surface area contributed by atoms with Gasteiger partial charge in [0.15, 0.2) is 0 Å². The van der Waals surface area contributed by atoms with Crippen LogP contribution in [0.1, 0.15) is 64.2 Å². The second-order valence-electron chi connectivity index (χ2n) is 5.74. The number of hydrogen-bond acceptors (Lipinski definition) is 1. The van der Waals surface area contributed by atoms with Crippen molar-refractivity contribution in [3.8, 4) is 0 Å². The van der Waals surface area contributed by atoms with Crippen LogP contribution in [-0.4, -0.2) is 25.5 Å². The highest BCUT2D eigenvalue weighted by atomic mass is 15.0. The van der Waals surface area contributed by atoms with Crippen molar-refractivity contribution in [2.24, 2.45) is 0 Å². The first-order valence-corrected chi connectivity index (χ1v) is 9.43. The van der Waals surface area contributed by atoms with Gasteiger partial charge in [0.25, 0.3) is 0 Å². The first-order valence-electron chi connectivity index (χ1n) is 9.43. The zero-order valence-corrected chi connectivity index (χ0v) is 18.4. The van der Waals surface area contributed by atoms with E-state index in [9.17, 15) is 0 Å². The van der Waals surface area contributed by atoms with Crippen molar-refractivity contribution in [2.45, 2.75) is 61.3 Å². The number of allylic oxidation sites excluding steroid dienone is 3. The Balaban J connectivity index is -0.000000452. The third-order valence-corrected chi connectivity index (χ3v) is 3.27. The molecule has 0 radical (unpaired) electrons. The summed E-state index contributed by atoms with van der Waals surface area (Å²) in [6, 6.07) is 6.52. The lowest BCUT2D eigenvalue weighted by molar-refractivity contribution is 0.419. The van der Waals surface area contributed by atoms with E-state index in [1.807, 2.05) is 26.8 Å². The van der Waals surface area contributed by atoms with Crippen molar-refractivity contribution in [3.63, 3.8) is 0 Å². The first kappa shape index (κ1) is 28.2. The van der Waals surface area contributed by atoms with Crippen LogP contribution in [-0.2, 0) is 0 Å². The largest absolute Gasteiger partial charge is 0.309 e. The molecule has 1 aromatic rings. The third-order valence-electron chi connectivity index (χ3n) is 3.27. The lowest BCUT2D eigenvalue weighted by atomic mass is 9.93. The Bertz CT molecular complexity index is 447. The minimum absolute atomic E-state index is 1.08. The standard InChI is InChI=1S/C15H23N.C4H8.C3H6.C2H6/c1-6-14(10-11-16(4)5)15-12(2)8-7-9-13(15)3;1-3-4-2;1-3-2;1-2/h6-9H,10-11H2,1-5H3;3H,1,4H2,2H3;3H,1H2,2H3;1-2H3/b14-6-;;;. The molecule has 0 heterocycles. The van der Waals surface area contributed by atoms with Crippen LogP contribution in [0, 0.1) is 13.8 Å². The van der Waals surface area contributed by atoms with Crippen LogP contribution >= 0.6 is 0 Å². The van der Waals surface area contributed by atoms with Gasteiger partial charge < -0.3 is 4.90 Å². The van der Waals surface area contributed by atoms with Gasteiger partial charge in [-0.3, -0.25) is 0 Å². The average Bonchev–Trinajstić information content (AvgIpc) is 2.60. The van der Waals surface area contributed by atoms with E-state index in [1.54, 1.807) is 6.08 Å². The van der Waals surface area contributed by atoms with Crippen LogP contribution in [0.15, 0.2) is 49.6 Å². The van der Waals surface area contributed by atoms with Crippen LogP contribution in [0.3, 0.4) is 0 Å². The molecule has 0 aromatic heterocycles. The summed E-state index contributed by atoms with van der Waals surface area (Å²) in [6.07, 6.45) is 8.08. The molecular weight excluding hydrogens is 302 g/mol. The fraction of sp³-hybridized carbons (Fsp3) is 0.500. The average molecular weight is 346 g/mol. The maximum absolute atomic E-state index is 3.48. The molecule has 0 aliphatic heterocycles. The van der Waals surface area contributed by atoms with Crippen molar-refractivity contribution in [2.75, 3.05) is 20.6 Å². The van der Waals surface area contributed by atoms with E-state index in [4.69, 9.17) is 0 Å². The Morgan fingerprint density at radius 1 is 1.04 bits per heavy atom. The Morgan fingerprint density at radius 2 is 1.44 bits per heavy atom. The summed E-state index contributed by atoms with van der Waals surface area (Å²) in [4.78, 5) is 2.23. The van der Waals surface area contributed by atoms with E-state index in [0.29, 0.717) is 0 Å². The molecule has 0 saturated heterocycles. The van der Waals surface area contributed by atoms with E-state index in [-0.39, 0.29) is 0 Å². The van der Waals surface area contributed by atoms with Gasteiger partial charge in [-0.1, -0.05) is 57.2 Å². The highest BCUT2D eigenvalue weighted by Gasteiger charge is 2.07. The second-order valence-corrected chi connectivity index (χ2v) is 5.74. The Hall–Kier alpha value is -1.60. The number of aryl methyl sites for hydroxylation is 2. The summed E-state index contributed by atoms with van der Waals surface area (Å²) in [6.45, 7) is 22.4. The summed E-state index contributed by atoms with van der Waals surface area (Å²) in [5.41, 5.74) is 5.66. The molecule has 0 bridgehead atoms. The van der Waals surface area contributed by atoms with Crippen LogP contribution < -0.4 is 0 Å². The zero-order valence-electron chi connectivity index (χ0n) is 18.4. The molecule has 0 aliphatic carbocycles. The highest BCUT2D eigenvalue weighted by molar-refractivity contribution is 5.70. The van der Waals surface area contributed by atoms with Crippen LogP contribution in [0.4, 0.5) is 0 Å². The molecule has 0 fully saturated rings. The molecule has 1 nitrogen and oxygen atoms in total. The first-order chi connectivity index (χ1) is 11.9. The molecule has 1 rings (SSSR count). The molecule has 0 aliphatic rings. The molecule has 0 unspecified atom stereocenters. The molecular formula is C24H43N. The van der Waals surface area contributed by atoms with Crippen LogP contribution in [0.2, 0.25) is 0 Å². The van der Waals surface area contributed by atoms with Crippen molar-refractivity contribution in [1.29, 1.82) is 0 Å². The molecule has 1 aromatic carbocycles. The van der Waals surface area contributed by atoms with E-state index in [2.05, 4.69) is 84.1 Å². The molecule has 1 heteroatoms. The third kappa shape index (κ3) is 15.7. The lowest BCUT2D eigenvalue weighted by Gasteiger charge is -2.16. The fourth-order valence-electron chi connectivity index (χ4n) is 2.08. The zero-order chi connectivity index (χ0) is 20.3. The predicted molar refractivity (Wildman–Crippen MR) is 120 cm³/mol. The Kier molecular flexibility index (Phi) is 23.1. The van der Waals surface area contributed by atoms with Crippen molar-refractivity contribution >= 4 is 5.57 Å². The molecule has 0 saturated carbocycles. The molecule has 0 spiro atoms. The number of nitrogens with zero attached hydrogens (tertiary/aromatic N) is 1. The van der Waals surface area contributed by atoms with E-state index in [0.717, 1.165) is 19.4 Å². The van der Waals surface area contributed by atoms with Gasteiger partial charge in [-0.2, -0.15) is 0 Å². The minimum Gasteiger partial charge on any atom is -0.309 e. The number of benzene rings is 1. The van der Waals surface area contributed by atoms with Gasteiger partial charge in [-0.25, -0.2) is 0 Å². The van der Waals surface area contributed by atoms with Crippen molar-refractivity contribution in [3.05, 3.63) is 66.3 Å². The van der Waals surface area contributed by atoms with Crippen LogP contribution in [0.5, 0.6) is 0 Å². The van der Waals surface area contributed by atoms with Crippen molar-refractivity contribution in [1.82, 2.24) is 4.90 Å². The molecule has 0 atom stereocenters. The molecule has 0 N–H and O–H groups in total. The number of hydrogen-bond donors (Lipinski definition) is 0. The van der Waals surface area contributed by atoms with Gasteiger partial charge in [-0.05, 0) is 76.9 Å².